The quantitative estimate of drug-likeness (QED) is 0.465. The van der Waals surface area contributed by atoms with Crippen molar-refractivity contribution in [3.63, 3.8) is 0 Å². The molecule has 1 rings (SSSR count). The van der Waals surface area contributed by atoms with Crippen LogP contribution in [0.5, 0.6) is 0 Å². The normalized spacial score (nSPS) is 11.8. The summed E-state index contributed by atoms with van der Waals surface area (Å²) in [5.74, 6) is 1.66. The maximum Gasteiger partial charge on any atom is 0.416 e. The van der Waals surface area contributed by atoms with Gasteiger partial charge in [-0.05, 0) is 42.5 Å². The maximum absolute atomic E-state index is 12.4. The highest BCUT2D eigenvalue weighted by molar-refractivity contribution is 7.99. The van der Waals surface area contributed by atoms with Gasteiger partial charge in [-0.15, -0.1) is 11.8 Å². The molecule has 0 fully saturated rings. The van der Waals surface area contributed by atoms with Gasteiger partial charge in [0.05, 0.1) is 5.56 Å². The summed E-state index contributed by atoms with van der Waals surface area (Å²) in [7, 11) is 0. The van der Waals surface area contributed by atoms with Crippen LogP contribution < -0.4 is 0 Å². The number of hydrogen-bond donors (Lipinski definition) is 1. The van der Waals surface area contributed by atoms with Crippen LogP contribution in [0.2, 0.25) is 0 Å². The van der Waals surface area contributed by atoms with Crippen molar-refractivity contribution in [2.24, 2.45) is 0 Å². The molecular formula is C11H13F3S2. The second-order valence-corrected chi connectivity index (χ2v) is 4.92. The van der Waals surface area contributed by atoms with E-state index < -0.39 is 11.7 Å². The minimum atomic E-state index is -4.25. The molecule has 0 aliphatic carbocycles. The Morgan fingerprint density at radius 3 is 2.56 bits per heavy atom. The van der Waals surface area contributed by atoms with Crippen molar-refractivity contribution >= 4 is 24.4 Å². The van der Waals surface area contributed by atoms with Crippen LogP contribution in [0.4, 0.5) is 13.2 Å². The van der Waals surface area contributed by atoms with Gasteiger partial charge in [0.1, 0.15) is 0 Å². The fraction of sp³-hybridized carbons (Fsp3) is 0.455. The predicted octanol–water partition coefficient (Wildman–Crippen LogP) is 4.51. The van der Waals surface area contributed by atoms with Crippen molar-refractivity contribution in [3.8, 4) is 0 Å². The zero-order valence-electron chi connectivity index (χ0n) is 8.63. The zero-order chi connectivity index (χ0) is 12.0. The highest BCUT2D eigenvalue weighted by atomic mass is 32.2. The molecule has 16 heavy (non-hydrogen) atoms. The Bertz CT molecular complexity index is 323. The lowest BCUT2D eigenvalue weighted by molar-refractivity contribution is -0.137. The molecule has 0 spiro atoms. The predicted molar refractivity (Wildman–Crippen MR) is 65.3 cm³/mol. The summed E-state index contributed by atoms with van der Waals surface area (Å²) < 4.78 is 37.2. The second-order valence-electron chi connectivity index (χ2n) is 3.30. The van der Waals surface area contributed by atoms with E-state index in [9.17, 15) is 13.2 Å². The van der Waals surface area contributed by atoms with Gasteiger partial charge in [0, 0.05) is 4.90 Å². The van der Waals surface area contributed by atoms with Crippen LogP contribution in [0.3, 0.4) is 0 Å². The summed E-state index contributed by atoms with van der Waals surface area (Å²) in [5, 5.41) is 0. The lowest BCUT2D eigenvalue weighted by Crippen LogP contribution is -2.04. The smallest absolute Gasteiger partial charge is 0.179 e. The first-order valence-corrected chi connectivity index (χ1v) is 6.57. The van der Waals surface area contributed by atoms with Gasteiger partial charge in [0.15, 0.2) is 0 Å². The van der Waals surface area contributed by atoms with E-state index in [4.69, 9.17) is 0 Å². The fourth-order valence-corrected chi connectivity index (χ4v) is 2.36. The molecule has 1 aromatic rings. The number of benzene rings is 1. The van der Waals surface area contributed by atoms with Crippen LogP contribution >= 0.6 is 24.4 Å². The molecule has 0 atom stereocenters. The molecule has 0 aliphatic heterocycles. The number of halogens is 3. The molecule has 0 nitrogen and oxygen atoms in total. The van der Waals surface area contributed by atoms with Gasteiger partial charge in [-0.3, -0.25) is 0 Å². The number of rotatable bonds is 5. The molecule has 0 aromatic heterocycles. The highest BCUT2D eigenvalue weighted by Crippen LogP contribution is 2.31. The molecular weight excluding hydrogens is 253 g/mol. The summed E-state index contributed by atoms with van der Waals surface area (Å²) in [6.07, 6.45) is -2.28. The molecule has 0 saturated carbocycles. The van der Waals surface area contributed by atoms with Gasteiger partial charge in [-0.2, -0.15) is 25.8 Å². The number of thiol groups is 1. The van der Waals surface area contributed by atoms with Crippen LogP contribution in [0.1, 0.15) is 18.4 Å². The van der Waals surface area contributed by atoms with Crippen LogP contribution in [0.25, 0.3) is 0 Å². The number of alkyl halides is 3. The van der Waals surface area contributed by atoms with Crippen LogP contribution in [0.15, 0.2) is 29.2 Å². The van der Waals surface area contributed by atoms with Crippen LogP contribution in [-0.4, -0.2) is 11.5 Å². The van der Waals surface area contributed by atoms with E-state index >= 15 is 0 Å². The monoisotopic (exact) mass is 266 g/mol. The summed E-state index contributed by atoms with van der Waals surface area (Å²) in [4.78, 5) is 0.675. The molecule has 0 heterocycles. The molecule has 1 aromatic carbocycles. The number of thioether (sulfide) groups is 1. The lowest BCUT2D eigenvalue weighted by Gasteiger charge is -2.08. The molecule has 0 N–H and O–H groups in total. The van der Waals surface area contributed by atoms with Crippen molar-refractivity contribution < 1.29 is 13.2 Å². The third-order valence-corrected chi connectivity index (χ3v) is 3.38. The van der Waals surface area contributed by atoms with E-state index in [1.807, 2.05) is 0 Å². The fourth-order valence-electron chi connectivity index (χ4n) is 1.17. The molecule has 5 heteroatoms. The number of hydrogen-bond acceptors (Lipinski definition) is 2. The lowest BCUT2D eigenvalue weighted by atomic mass is 10.2. The summed E-state index contributed by atoms with van der Waals surface area (Å²) in [6.45, 7) is 0. The van der Waals surface area contributed by atoms with E-state index in [1.165, 1.54) is 23.9 Å². The molecule has 0 bridgehead atoms. The van der Waals surface area contributed by atoms with Crippen LogP contribution in [-0.2, 0) is 6.18 Å². The van der Waals surface area contributed by atoms with Gasteiger partial charge >= 0.3 is 6.18 Å². The zero-order valence-corrected chi connectivity index (χ0v) is 10.3. The summed E-state index contributed by atoms with van der Waals surface area (Å²) in [6, 6.07) is 5.45. The first-order chi connectivity index (χ1) is 7.54. The Kier molecular flexibility index (Phi) is 5.55. The van der Waals surface area contributed by atoms with Gasteiger partial charge < -0.3 is 0 Å². The van der Waals surface area contributed by atoms with E-state index in [1.54, 1.807) is 6.07 Å². The molecule has 0 saturated heterocycles. The van der Waals surface area contributed by atoms with E-state index in [0.717, 1.165) is 30.4 Å². The third-order valence-electron chi connectivity index (χ3n) is 1.98. The van der Waals surface area contributed by atoms with E-state index in [2.05, 4.69) is 12.6 Å². The highest BCUT2D eigenvalue weighted by Gasteiger charge is 2.30. The molecule has 0 radical (unpaired) electrons. The van der Waals surface area contributed by atoms with E-state index in [0.29, 0.717) is 4.90 Å². The third kappa shape index (κ3) is 4.70. The average molecular weight is 266 g/mol. The van der Waals surface area contributed by atoms with Crippen molar-refractivity contribution in [1.29, 1.82) is 0 Å². The minimum Gasteiger partial charge on any atom is -0.179 e. The Morgan fingerprint density at radius 1 is 1.19 bits per heavy atom. The Hall–Kier alpha value is -0.290. The van der Waals surface area contributed by atoms with Gasteiger partial charge in [-0.25, -0.2) is 0 Å². The molecule has 0 amide bonds. The largest absolute Gasteiger partial charge is 0.416 e. The molecule has 0 unspecified atom stereocenters. The second kappa shape index (κ2) is 6.45. The first-order valence-electron chi connectivity index (χ1n) is 4.95. The average Bonchev–Trinajstić information content (AvgIpc) is 2.24. The summed E-state index contributed by atoms with van der Waals surface area (Å²) >= 11 is 5.53. The minimum absolute atomic E-state index is 0.577. The van der Waals surface area contributed by atoms with Crippen molar-refractivity contribution in [2.45, 2.75) is 23.9 Å². The number of unbranched alkanes of at least 4 members (excludes halogenated alkanes) is 1. The SMILES string of the molecule is FC(F)(F)c1cccc(SCCCCS)c1. The Labute approximate surface area is 103 Å². The maximum atomic E-state index is 12.4. The van der Waals surface area contributed by atoms with E-state index in [-0.39, 0.29) is 0 Å². The summed E-state index contributed by atoms with van der Waals surface area (Å²) in [5.41, 5.74) is -0.577. The van der Waals surface area contributed by atoms with Gasteiger partial charge in [0.2, 0.25) is 0 Å². The molecule has 0 aliphatic rings. The van der Waals surface area contributed by atoms with Crippen molar-refractivity contribution in [3.05, 3.63) is 29.8 Å². The van der Waals surface area contributed by atoms with Crippen molar-refractivity contribution in [1.82, 2.24) is 0 Å². The topological polar surface area (TPSA) is 0 Å². The van der Waals surface area contributed by atoms with Gasteiger partial charge in [0.25, 0.3) is 0 Å². The molecule has 90 valence electrons. The van der Waals surface area contributed by atoms with Crippen LogP contribution in [0, 0.1) is 0 Å². The first kappa shape index (κ1) is 13.8. The Balaban J connectivity index is 2.54. The standard InChI is InChI=1S/C11H13F3S2/c12-11(13,14)9-4-3-5-10(8-9)16-7-2-1-6-15/h3-5,8,15H,1-2,6-7H2. The van der Waals surface area contributed by atoms with Gasteiger partial charge in [-0.1, -0.05) is 6.07 Å². The van der Waals surface area contributed by atoms with Crippen molar-refractivity contribution in [2.75, 3.05) is 11.5 Å². The Morgan fingerprint density at radius 2 is 1.94 bits per heavy atom.